The lowest BCUT2D eigenvalue weighted by atomic mass is 9.80. The second-order valence-electron chi connectivity index (χ2n) is 5.63. The summed E-state index contributed by atoms with van der Waals surface area (Å²) in [6.07, 6.45) is 2.80. The minimum absolute atomic E-state index is 0.169. The fourth-order valence-electron chi connectivity index (χ4n) is 2.54. The third-order valence-electron chi connectivity index (χ3n) is 4.35. The maximum absolute atomic E-state index is 12.2. The van der Waals surface area contributed by atoms with Crippen LogP contribution in [0.1, 0.15) is 43.5 Å². The van der Waals surface area contributed by atoms with Gasteiger partial charge in [-0.3, -0.25) is 4.79 Å². The van der Waals surface area contributed by atoms with Crippen LogP contribution in [0.3, 0.4) is 0 Å². The first kappa shape index (κ1) is 11.3. The zero-order valence-corrected chi connectivity index (χ0v) is 11.6. The zero-order chi connectivity index (χ0) is 12.3. The third-order valence-corrected chi connectivity index (χ3v) is 4.85. The molecule has 0 spiro atoms. The molecule has 1 fully saturated rings. The highest BCUT2D eigenvalue weighted by Gasteiger charge is 2.57. The Kier molecular flexibility index (Phi) is 2.22. The van der Waals surface area contributed by atoms with Gasteiger partial charge in [0.25, 0.3) is 0 Å². The van der Waals surface area contributed by atoms with Gasteiger partial charge >= 0.3 is 0 Å². The van der Waals surface area contributed by atoms with Crippen molar-refractivity contribution >= 4 is 21.7 Å². The van der Waals surface area contributed by atoms with E-state index in [2.05, 4.69) is 29.8 Å². The van der Waals surface area contributed by atoms with Gasteiger partial charge < -0.3 is 4.74 Å². The lowest BCUT2D eigenvalue weighted by molar-refractivity contribution is 0.00418. The molecule has 1 atom stereocenters. The highest BCUT2D eigenvalue weighted by molar-refractivity contribution is 9.10. The summed E-state index contributed by atoms with van der Waals surface area (Å²) in [5.74, 6) is 0.931. The van der Waals surface area contributed by atoms with E-state index in [1.807, 2.05) is 18.2 Å². The summed E-state index contributed by atoms with van der Waals surface area (Å²) in [6.45, 7) is 4.28. The van der Waals surface area contributed by atoms with E-state index >= 15 is 0 Å². The molecule has 1 aliphatic carbocycles. The maximum Gasteiger partial charge on any atom is 0.170 e. The second-order valence-corrected chi connectivity index (χ2v) is 6.55. The van der Waals surface area contributed by atoms with E-state index in [1.165, 1.54) is 0 Å². The number of hydrogen-bond donors (Lipinski definition) is 0. The Bertz CT molecular complexity index is 505. The lowest BCUT2D eigenvalue weighted by Crippen LogP contribution is -2.46. The number of ether oxygens (including phenoxy) is 1. The van der Waals surface area contributed by atoms with Crippen molar-refractivity contribution in [3.05, 3.63) is 28.2 Å². The minimum atomic E-state index is -0.335. The van der Waals surface area contributed by atoms with E-state index in [1.54, 1.807) is 0 Å². The molecule has 0 N–H and O–H groups in total. The Labute approximate surface area is 109 Å². The van der Waals surface area contributed by atoms with Gasteiger partial charge in [0, 0.05) is 9.89 Å². The summed E-state index contributed by atoms with van der Waals surface area (Å²) < 4.78 is 7.10. The monoisotopic (exact) mass is 294 g/mol. The third kappa shape index (κ3) is 1.63. The van der Waals surface area contributed by atoms with Gasteiger partial charge in [-0.15, -0.1) is 0 Å². The van der Waals surface area contributed by atoms with Crippen molar-refractivity contribution < 1.29 is 9.53 Å². The van der Waals surface area contributed by atoms with Gasteiger partial charge in [0.05, 0.1) is 12.0 Å². The average Bonchev–Trinajstić information content (AvgIpc) is 2.97. The summed E-state index contributed by atoms with van der Waals surface area (Å²) in [4.78, 5) is 12.2. The van der Waals surface area contributed by atoms with Crippen LogP contribution in [0, 0.1) is 5.41 Å². The average molecular weight is 295 g/mol. The molecule has 3 rings (SSSR count). The molecule has 17 heavy (non-hydrogen) atoms. The SMILES string of the molecule is CC1(C2(C)CC(=O)c3ccc(Br)cc3O2)CC1. The van der Waals surface area contributed by atoms with Gasteiger partial charge in [-0.25, -0.2) is 0 Å². The molecule has 2 nitrogen and oxygen atoms in total. The van der Waals surface area contributed by atoms with Gasteiger partial charge in [-0.05, 0) is 38.0 Å². The van der Waals surface area contributed by atoms with Crippen LogP contribution in [0.15, 0.2) is 22.7 Å². The molecular weight excluding hydrogens is 280 g/mol. The predicted molar refractivity (Wildman–Crippen MR) is 69.5 cm³/mol. The predicted octanol–water partition coefficient (Wildman–Crippen LogP) is 3.97. The molecule has 0 aromatic heterocycles. The van der Waals surface area contributed by atoms with Gasteiger partial charge in [-0.2, -0.15) is 0 Å². The van der Waals surface area contributed by atoms with Gasteiger partial charge in [0.2, 0.25) is 0 Å². The van der Waals surface area contributed by atoms with Crippen molar-refractivity contribution in [1.29, 1.82) is 0 Å². The molecule has 0 bridgehead atoms. The smallest absolute Gasteiger partial charge is 0.170 e. The van der Waals surface area contributed by atoms with Gasteiger partial charge in [0.1, 0.15) is 11.4 Å². The molecule has 0 amide bonds. The Morgan fingerprint density at radius 3 is 2.65 bits per heavy atom. The van der Waals surface area contributed by atoms with E-state index < -0.39 is 0 Å². The quantitative estimate of drug-likeness (QED) is 0.783. The molecule has 3 heteroatoms. The van der Waals surface area contributed by atoms with Crippen LogP contribution < -0.4 is 4.74 Å². The molecule has 1 saturated carbocycles. The molecular formula is C14H15BrO2. The summed E-state index contributed by atoms with van der Waals surface area (Å²) in [5, 5.41) is 0. The van der Waals surface area contributed by atoms with Crippen molar-refractivity contribution in [3.63, 3.8) is 0 Å². The minimum Gasteiger partial charge on any atom is -0.486 e. The molecule has 1 unspecified atom stereocenters. The molecule has 2 aliphatic rings. The first-order chi connectivity index (χ1) is 7.94. The first-order valence-corrected chi connectivity index (χ1v) is 6.75. The van der Waals surface area contributed by atoms with E-state index in [9.17, 15) is 4.79 Å². The molecule has 0 saturated heterocycles. The van der Waals surface area contributed by atoms with E-state index in [-0.39, 0.29) is 16.8 Å². The fourth-order valence-corrected chi connectivity index (χ4v) is 2.88. The van der Waals surface area contributed by atoms with Gasteiger partial charge in [-0.1, -0.05) is 22.9 Å². The van der Waals surface area contributed by atoms with Crippen LogP contribution in [0.2, 0.25) is 0 Å². The largest absolute Gasteiger partial charge is 0.486 e. The van der Waals surface area contributed by atoms with Crippen LogP contribution in [-0.2, 0) is 0 Å². The number of carbonyl (C=O) groups is 1. The number of hydrogen-bond acceptors (Lipinski definition) is 2. The first-order valence-electron chi connectivity index (χ1n) is 5.95. The standard InChI is InChI=1S/C14H15BrO2/c1-13(5-6-13)14(2)8-11(16)10-4-3-9(15)7-12(10)17-14/h3-4,7H,5-6,8H2,1-2H3. The number of fused-ring (bicyclic) bond motifs is 1. The zero-order valence-electron chi connectivity index (χ0n) is 10.0. The van der Waals surface area contributed by atoms with Crippen LogP contribution in [0.4, 0.5) is 0 Å². The summed E-state index contributed by atoms with van der Waals surface area (Å²) in [5.41, 5.74) is 0.551. The summed E-state index contributed by atoms with van der Waals surface area (Å²) in [6, 6.07) is 5.63. The molecule has 0 radical (unpaired) electrons. The number of ketones is 1. The molecule has 90 valence electrons. The van der Waals surface area contributed by atoms with Crippen molar-refractivity contribution in [3.8, 4) is 5.75 Å². The molecule has 1 aromatic carbocycles. The topological polar surface area (TPSA) is 26.3 Å². The Hall–Kier alpha value is -0.830. The number of Topliss-reactive ketones (excluding diaryl/α,β-unsaturated/α-hetero) is 1. The van der Waals surface area contributed by atoms with E-state index in [0.717, 1.165) is 28.6 Å². The van der Waals surface area contributed by atoms with E-state index in [0.29, 0.717) is 6.42 Å². The molecule has 1 heterocycles. The maximum atomic E-state index is 12.2. The number of carbonyl (C=O) groups excluding carboxylic acids is 1. The second kappa shape index (κ2) is 3.35. The van der Waals surface area contributed by atoms with Crippen molar-refractivity contribution in [1.82, 2.24) is 0 Å². The highest BCUT2D eigenvalue weighted by atomic mass is 79.9. The Balaban J connectivity index is 2.05. The van der Waals surface area contributed by atoms with Crippen molar-refractivity contribution in [2.75, 3.05) is 0 Å². The Morgan fingerprint density at radius 1 is 1.29 bits per heavy atom. The van der Waals surface area contributed by atoms with Crippen LogP contribution in [-0.4, -0.2) is 11.4 Å². The van der Waals surface area contributed by atoms with E-state index in [4.69, 9.17) is 4.74 Å². The highest BCUT2D eigenvalue weighted by Crippen LogP contribution is 2.58. The number of halogens is 1. The van der Waals surface area contributed by atoms with Crippen LogP contribution in [0.25, 0.3) is 0 Å². The molecule has 1 aromatic rings. The van der Waals surface area contributed by atoms with Crippen molar-refractivity contribution in [2.45, 2.75) is 38.7 Å². The summed E-state index contributed by atoms with van der Waals surface area (Å²) in [7, 11) is 0. The Morgan fingerprint density at radius 2 is 2.00 bits per heavy atom. The number of benzene rings is 1. The van der Waals surface area contributed by atoms with Crippen molar-refractivity contribution in [2.24, 2.45) is 5.41 Å². The summed E-state index contributed by atoms with van der Waals surface area (Å²) >= 11 is 3.42. The normalized spacial score (nSPS) is 29.5. The number of rotatable bonds is 1. The fraction of sp³-hybridized carbons (Fsp3) is 0.500. The van der Waals surface area contributed by atoms with Crippen LogP contribution >= 0.6 is 15.9 Å². The lowest BCUT2D eigenvalue weighted by Gasteiger charge is -2.40. The molecule has 1 aliphatic heterocycles. The van der Waals surface area contributed by atoms with Gasteiger partial charge in [0.15, 0.2) is 5.78 Å². The van der Waals surface area contributed by atoms with Crippen LogP contribution in [0.5, 0.6) is 5.75 Å².